The van der Waals surface area contributed by atoms with Crippen LogP contribution in [0.25, 0.3) is 0 Å². The fourth-order valence-electron chi connectivity index (χ4n) is 2.61. The van der Waals surface area contributed by atoms with E-state index in [1.807, 2.05) is 23.9 Å². The smallest absolute Gasteiger partial charge is 0.177 e. The molecular weight excluding hydrogens is 278 g/mol. The van der Waals surface area contributed by atoms with E-state index in [9.17, 15) is 8.42 Å². The van der Waals surface area contributed by atoms with Crippen LogP contribution < -0.4 is 5.32 Å². The lowest BCUT2D eigenvalue weighted by molar-refractivity contribution is 0.602. The van der Waals surface area contributed by atoms with Crippen LogP contribution in [0.1, 0.15) is 26.2 Å². The molecule has 106 valence electrons. The summed E-state index contributed by atoms with van der Waals surface area (Å²) in [7, 11) is -3.17. The number of rotatable bonds is 5. The molecule has 1 saturated carbocycles. The molecule has 0 amide bonds. The third-order valence-electron chi connectivity index (χ3n) is 3.46. The number of thioether (sulfide) groups is 1. The Balaban J connectivity index is 2.19. The average Bonchev–Trinajstić information content (AvgIpc) is 2.77. The molecule has 3 nitrogen and oxygen atoms in total. The molecule has 0 aliphatic heterocycles. The van der Waals surface area contributed by atoms with Gasteiger partial charge in [0.05, 0.1) is 10.6 Å². The Hall–Kier alpha value is -0.680. The van der Waals surface area contributed by atoms with E-state index in [4.69, 9.17) is 0 Å². The van der Waals surface area contributed by atoms with E-state index in [1.54, 1.807) is 12.1 Å². The summed E-state index contributed by atoms with van der Waals surface area (Å²) in [4.78, 5) is 0.405. The predicted molar refractivity (Wildman–Crippen MR) is 82.7 cm³/mol. The highest BCUT2D eigenvalue weighted by atomic mass is 32.2. The fraction of sp³-hybridized carbons (Fsp3) is 0.571. The molecule has 0 radical (unpaired) electrons. The Morgan fingerprint density at radius 2 is 2.05 bits per heavy atom. The third-order valence-corrected chi connectivity index (χ3v) is 5.94. The van der Waals surface area contributed by atoms with Crippen LogP contribution in [0.5, 0.6) is 0 Å². The number of hydrogen-bond acceptors (Lipinski definition) is 4. The Bertz CT molecular complexity index is 528. The maximum atomic E-state index is 11.8. The maximum Gasteiger partial charge on any atom is 0.177 e. The molecule has 5 heteroatoms. The molecule has 1 aromatic carbocycles. The van der Waals surface area contributed by atoms with E-state index >= 15 is 0 Å². The lowest BCUT2D eigenvalue weighted by Gasteiger charge is -2.22. The van der Waals surface area contributed by atoms with E-state index in [0.29, 0.717) is 16.2 Å². The molecule has 0 bridgehead atoms. The summed E-state index contributed by atoms with van der Waals surface area (Å²) >= 11 is 1.97. The van der Waals surface area contributed by atoms with Gasteiger partial charge in [-0.25, -0.2) is 8.42 Å². The van der Waals surface area contributed by atoms with E-state index < -0.39 is 9.84 Å². The second kappa shape index (κ2) is 6.18. The van der Waals surface area contributed by atoms with Crippen molar-refractivity contribution in [3.63, 3.8) is 0 Å². The quantitative estimate of drug-likeness (QED) is 0.907. The van der Waals surface area contributed by atoms with Gasteiger partial charge in [-0.1, -0.05) is 25.5 Å². The maximum absolute atomic E-state index is 11.8. The van der Waals surface area contributed by atoms with Crippen molar-refractivity contribution in [1.82, 2.24) is 0 Å². The van der Waals surface area contributed by atoms with Gasteiger partial charge in [0.1, 0.15) is 0 Å². The van der Waals surface area contributed by atoms with Crippen LogP contribution >= 0.6 is 11.8 Å². The van der Waals surface area contributed by atoms with Crippen molar-refractivity contribution in [2.24, 2.45) is 0 Å². The molecule has 2 atom stereocenters. The zero-order chi connectivity index (χ0) is 13.9. The molecule has 0 heterocycles. The zero-order valence-corrected chi connectivity index (χ0v) is 13.1. The molecule has 1 aromatic rings. The van der Waals surface area contributed by atoms with Gasteiger partial charge in [-0.3, -0.25) is 0 Å². The van der Waals surface area contributed by atoms with Crippen molar-refractivity contribution < 1.29 is 8.42 Å². The summed E-state index contributed by atoms with van der Waals surface area (Å²) in [5, 5.41) is 4.05. The van der Waals surface area contributed by atoms with Gasteiger partial charge in [-0.05, 0) is 30.7 Å². The molecule has 1 aliphatic rings. The molecule has 2 rings (SSSR count). The molecule has 0 aromatic heterocycles. The van der Waals surface area contributed by atoms with Crippen LogP contribution in [0.3, 0.4) is 0 Å². The highest BCUT2D eigenvalue weighted by Gasteiger charge is 2.28. The molecule has 0 spiro atoms. The largest absolute Gasteiger partial charge is 0.380 e. The van der Waals surface area contributed by atoms with E-state index in [0.717, 1.165) is 17.9 Å². The summed E-state index contributed by atoms with van der Waals surface area (Å²) in [5.41, 5.74) is 0.749. The van der Waals surface area contributed by atoms with Crippen LogP contribution in [0.4, 0.5) is 5.69 Å². The Kier molecular flexibility index (Phi) is 4.79. The lowest BCUT2D eigenvalue weighted by atomic mass is 10.2. The number of para-hydroxylation sites is 1. The number of nitrogens with one attached hydrogen (secondary N) is 1. The van der Waals surface area contributed by atoms with Gasteiger partial charge in [-0.2, -0.15) is 11.8 Å². The van der Waals surface area contributed by atoms with Crippen molar-refractivity contribution in [2.45, 2.75) is 42.4 Å². The van der Waals surface area contributed by atoms with E-state index in [1.165, 1.54) is 19.1 Å². The first-order valence-electron chi connectivity index (χ1n) is 6.69. The minimum Gasteiger partial charge on any atom is -0.380 e. The van der Waals surface area contributed by atoms with Crippen LogP contribution in [-0.4, -0.2) is 31.7 Å². The minimum absolute atomic E-state index is 0.382. The van der Waals surface area contributed by atoms with Crippen molar-refractivity contribution in [3.8, 4) is 0 Å². The minimum atomic E-state index is -3.17. The summed E-state index contributed by atoms with van der Waals surface area (Å²) in [6.45, 7) is 2.17. The number of sulfone groups is 1. The van der Waals surface area contributed by atoms with Gasteiger partial charge in [0, 0.05) is 17.5 Å². The van der Waals surface area contributed by atoms with Crippen LogP contribution in [0, 0.1) is 0 Å². The Labute approximate surface area is 120 Å². The fourth-order valence-corrected chi connectivity index (χ4v) is 4.66. The number of hydrogen-bond donors (Lipinski definition) is 1. The summed E-state index contributed by atoms with van der Waals surface area (Å²) in [6, 6.07) is 7.58. The molecule has 0 saturated heterocycles. The summed E-state index contributed by atoms with van der Waals surface area (Å²) < 4.78 is 23.6. The lowest BCUT2D eigenvalue weighted by Crippen LogP contribution is -2.27. The molecule has 1 aliphatic carbocycles. The van der Waals surface area contributed by atoms with Crippen molar-refractivity contribution in [1.29, 1.82) is 0 Å². The van der Waals surface area contributed by atoms with E-state index in [-0.39, 0.29) is 0 Å². The summed E-state index contributed by atoms with van der Waals surface area (Å²) in [6.07, 6.45) is 4.82. The van der Waals surface area contributed by atoms with Gasteiger partial charge in [0.15, 0.2) is 9.84 Å². The first-order chi connectivity index (χ1) is 9.02. The SMILES string of the molecule is CCSC1CCCC1Nc1ccccc1S(C)(=O)=O. The second-order valence-electron chi connectivity index (χ2n) is 4.94. The van der Waals surface area contributed by atoms with Gasteiger partial charge in [0.2, 0.25) is 0 Å². The number of benzene rings is 1. The predicted octanol–water partition coefficient (Wildman–Crippen LogP) is 3.18. The van der Waals surface area contributed by atoms with E-state index in [2.05, 4.69) is 12.2 Å². The highest BCUT2D eigenvalue weighted by molar-refractivity contribution is 7.99. The van der Waals surface area contributed by atoms with Crippen molar-refractivity contribution in [3.05, 3.63) is 24.3 Å². The standard InChI is InChI=1S/C14H21NO2S2/c1-3-18-13-9-6-8-11(13)15-12-7-4-5-10-14(12)19(2,16)17/h4-5,7,10-11,13,15H,3,6,8-9H2,1-2H3. The Morgan fingerprint density at radius 3 is 2.74 bits per heavy atom. The first-order valence-corrected chi connectivity index (χ1v) is 9.63. The molecule has 1 fully saturated rings. The van der Waals surface area contributed by atoms with Gasteiger partial charge in [-0.15, -0.1) is 0 Å². The van der Waals surface area contributed by atoms with Gasteiger partial charge < -0.3 is 5.32 Å². The van der Waals surface area contributed by atoms with Crippen LogP contribution in [0.2, 0.25) is 0 Å². The highest BCUT2D eigenvalue weighted by Crippen LogP contribution is 2.33. The van der Waals surface area contributed by atoms with Gasteiger partial charge >= 0.3 is 0 Å². The number of anilines is 1. The van der Waals surface area contributed by atoms with Crippen molar-refractivity contribution in [2.75, 3.05) is 17.3 Å². The van der Waals surface area contributed by atoms with Gasteiger partial charge in [0.25, 0.3) is 0 Å². The molecular formula is C14H21NO2S2. The first kappa shape index (κ1) is 14.7. The zero-order valence-electron chi connectivity index (χ0n) is 11.4. The normalized spacial score (nSPS) is 23.5. The molecule has 2 unspecified atom stereocenters. The van der Waals surface area contributed by atoms with Crippen LogP contribution in [0.15, 0.2) is 29.2 Å². The second-order valence-corrected chi connectivity index (χ2v) is 8.44. The monoisotopic (exact) mass is 299 g/mol. The Morgan fingerprint density at radius 1 is 1.32 bits per heavy atom. The average molecular weight is 299 g/mol. The molecule has 19 heavy (non-hydrogen) atoms. The van der Waals surface area contributed by atoms with Crippen LogP contribution in [-0.2, 0) is 9.84 Å². The molecule has 1 N–H and O–H groups in total. The van der Waals surface area contributed by atoms with Crippen molar-refractivity contribution >= 4 is 27.3 Å². The summed E-state index contributed by atoms with van der Waals surface area (Å²) in [5.74, 6) is 1.11. The third kappa shape index (κ3) is 3.66. The topological polar surface area (TPSA) is 46.2 Å².